The molecule has 0 radical (unpaired) electrons. The molecule has 3 rings (SSSR count). The molecule has 0 saturated carbocycles. The Hall–Kier alpha value is -2.14. The highest BCUT2D eigenvalue weighted by molar-refractivity contribution is 6.04. The maximum atomic E-state index is 12.6. The van der Waals surface area contributed by atoms with E-state index in [2.05, 4.69) is 17.2 Å². The minimum absolute atomic E-state index is 0.277. The molecule has 2 aromatic rings. The molecule has 5 nitrogen and oxygen atoms in total. The number of esters is 1. The zero-order valence-corrected chi connectivity index (χ0v) is 16.0. The van der Waals surface area contributed by atoms with Gasteiger partial charge in [-0.3, -0.25) is 4.98 Å². The Morgan fingerprint density at radius 3 is 2.81 bits per heavy atom. The fourth-order valence-electron chi connectivity index (χ4n) is 3.16. The van der Waals surface area contributed by atoms with E-state index in [1.807, 2.05) is 39.0 Å². The maximum Gasteiger partial charge on any atom is 0.339 e. The molecule has 2 heterocycles. The molecule has 1 aromatic carbocycles. The molecule has 1 aromatic heterocycles. The number of carbonyl (C=O) groups is 1. The number of benzene rings is 1. The smallest absolute Gasteiger partial charge is 0.339 e. The summed E-state index contributed by atoms with van der Waals surface area (Å²) in [5.74, 6) is 0.273. The van der Waals surface area contributed by atoms with E-state index in [1.165, 1.54) is 0 Å². The molecular weight excluding hydrogens is 328 g/mol. The monoisotopic (exact) mass is 356 g/mol. The average Bonchev–Trinajstić information content (AvgIpc) is 2.77. The molecule has 1 fully saturated rings. The third kappa shape index (κ3) is 4.73. The van der Waals surface area contributed by atoms with Gasteiger partial charge in [0.25, 0.3) is 0 Å². The van der Waals surface area contributed by atoms with Crippen molar-refractivity contribution in [1.29, 1.82) is 0 Å². The summed E-state index contributed by atoms with van der Waals surface area (Å²) >= 11 is 0. The molecule has 26 heavy (non-hydrogen) atoms. The Balaban J connectivity index is 1.85. The van der Waals surface area contributed by atoms with Gasteiger partial charge in [-0.15, -0.1) is 0 Å². The summed E-state index contributed by atoms with van der Waals surface area (Å²) in [5.41, 5.74) is 1.76. The van der Waals surface area contributed by atoms with E-state index >= 15 is 0 Å². The molecule has 1 N–H and O–H groups in total. The summed E-state index contributed by atoms with van der Waals surface area (Å²) in [7, 11) is 0. The highest BCUT2D eigenvalue weighted by atomic mass is 16.6. The van der Waals surface area contributed by atoms with Crippen LogP contribution in [-0.4, -0.2) is 35.8 Å². The number of pyridine rings is 1. The Labute approximate surface area is 155 Å². The molecule has 140 valence electrons. The van der Waals surface area contributed by atoms with Crippen LogP contribution < -0.4 is 5.32 Å². The second-order valence-electron chi connectivity index (χ2n) is 8.15. The Morgan fingerprint density at radius 2 is 2.04 bits per heavy atom. The number of anilines is 1. The van der Waals surface area contributed by atoms with E-state index in [-0.39, 0.29) is 12.0 Å². The van der Waals surface area contributed by atoms with Gasteiger partial charge in [-0.1, -0.05) is 6.92 Å². The van der Waals surface area contributed by atoms with Gasteiger partial charge in [-0.25, -0.2) is 4.79 Å². The first-order valence-corrected chi connectivity index (χ1v) is 9.28. The molecule has 0 aliphatic carbocycles. The first-order chi connectivity index (χ1) is 12.3. The topological polar surface area (TPSA) is 60.5 Å². The number of fused-ring (bicyclic) bond motifs is 1. The van der Waals surface area contributed by atoms with Gasteiger partial charge < -0.3 is 14.8 Å². The molecule has 5 heteroatoms. The number of nitrogens with one attached hydrogen (secondary N) is 1. The number of hydrogen-bond acceptors (Lipinski definition) is 5. The van der Waals surface area contributed by atoms with Crippen LogP contribution in [0.25, 0.3) is 10.9 Å². The van der Waals surface area contributed by atoms with Gasteiger partial charge in [0.05, 0.1) is 17.7 Å². The van der Waals surface area contributed by atoms with E-state index in [1.54, 1.807) is 12.3 Å². The SMILES string of the molecule is CC1CCC(Nc2ccc3nccc(C(=O)OC(C)(C)C)c3c2)COC1. The number of aromatic nitrogens is 1. The van der Waals surface area contributed by atoms with E-state index in [4.69, 9.17) is 9.47 Å². The Kier molecular flexibility index (Phi) is 5.47. The number of nitrogens with zero attached hydrogens (tertiary/aromatic N) is 1. The lowest BCUT2D eigenvalue weighted by atomic mass is 10.0. The van der Waals surface area contributed by atoms with Gasteiger partial charge in [0, 0.05) is 29.9 Å². The highest BCUT2D eigenvalue weighted by Crippen LogP contribution is 2.25. The van der Waals surface area contributed by atoms with Crippen molar-refractivity contribution in [2.75, 3.05) is 18.5 Å². The highest BCUT2D eigenvalue weighted by Gasteiger charge is 2.21. The fourth-order valence-corrected chi connectivity index (χ4v) is 3.16. The van der Waals surface area contributed by atoms with Crippen LogP contribution in [0.4, 0.5) is 5.69 Å². The summed E-state index contributed by atoms with van der Waals surface area (Å²) in [6.07, 6.45) is 3.87. The Bertz CT molecular complexity index is 782. The van der Waals surface area contributed by atoms with Gasteiger partial charge in [0.1, 0.15) is 5.60 Å². The molecule has 1 aliphatic rings. The number of ether oxygens (including phenoxy) is 2. The molecule has 0 spiro atoms. The van der Waals surface area contributed by atoms with Crippen molar-refractivity contribution in [1.82, 2.24) is 4.98 Å². The van der Waals surface area contributed by atoms with Gasteiger partial charge >= 0.3 is 5.97 Å². The summed E-state index contributed by atoms with van der Waals surface area (Å²) in [5, 5.41) is 4.34. The molecule has 1 aliphatic heterocycles. The van der Waals surface area contributed by atoms with Gasteiger partial charge in [-0.05, 0) is 63.8 Å². The lowest BCUT2D eigenvalue weighted by Crippen LogP contribution is -2.24. The lowest BCUT2D eigenvalue weighted by molar-refractivity contribution is 0.00718. The second-order valence-corrected chi connectivity index (χ2v) is 8.15. The molecular formula is C21H28N2O3. The van der Waals surface area contributed by atoms with Crippen molar-refractivity contribution in [3.05, 3.63) is 36.0 Å². The van der Waals surface area contributed by atoms with Crippen LogP contribution >= 0.6 is 0 Å². The zero-order chi connectivity index (χ0) is 18.7. The minimum Gasteiger partial charge on any atom is -0.456 e. The van der Waals surface area contributed by atoms with E-state index in [0.717, 1.165) is 36.0 Å². The first kappa shape index (κ1) is 18.6. The molecule has 2 atom stereocenters. The predicted molar refractivity (Wildman–Crippen MR) is 104 cm³/mol. The zero-order valence-electron chi connectivity index (χ0n) is 16.0. The maximum absolute atomic E-state index is 12.6. The average molecular weight is 356 g/mol. The van der Waals surface area contributed by atoms with Crippen molar-refractivity contribution in [3.8, 4) is 0 Å². The van der Waals surface area contributed by atoms with Crippen LogP contribution in [0.2, 0.25) is 0 Å². The van der Waals surface area contributed by atoms with Crippen LogP contribution in [0, 0.1) is 5.92 Å². The summed E-state index contributed by atoms with van der Waals surface area (Å²) < 4.78 is 11.3. The second kappa shape index (κ2) is 7.62. The fraction of sp³-hybridized carbons (Fsp3) is 0.524. The van der Waals surface area contributed by atoms with Crippen LogP contribution in [0.5, 0.6) is 0 Å². The standard InChI is InChI=1S/C21H28N2O3/c1-14-5-6-16(13-25-12-14)23-15-7-8-19-18(11-15)17(9-10-22-19)20(24)26-21(2,3)4/h7-11,14,16,23H,5-6,12-13H2,1-4H3. The summed E-state index contributed by atoms with van der Waals surface area (Å²) in [4.78, 5) is 16.9. The van der Waals surface area contributed by atoms with Gasteiger partial charge in [0.2, 0.25) is 0 Å². The van der Waals surface area contributed by atoms with E-state index in [0.29, 0.717) is 18.1 Å². The minimum atomic E-state index is -0.531. The third-order valence-corrected chi connectivity index (χ3v) is 4.46. The molecule has 2 unspecified atom stereocenters. The normalized spacial score (nSPS) is 21.2. The van der Waals surface area contributed by atoms with Gasteiger partial charge in [-0.2, -0.15) is 0 Å². The molecule has 1 saturated heterocycles. The van der Waals surface area contributed by atoms with E-state index < -0.39 is 5.60 Å². The Morgan fingerprint density at radius 1 is 1.23 bits per heavy atom. The summed E-state index contributed by atoms with van der Waals surface area (Å²) in [6.45, 7) is 9.35. The van der Waals surface area contributed by atoms with Crippen LogP contribution in [-0.2, 0) is 9.47 Å². The van der Waals surface area contributed by atoms with E-state index in [9.17, 15) is 4.79 Å². The van der Waals surface area contributed by atoms with Crippen LogP contribution in [0.1, 0.15) is 50.9 Å². The van der Waals surface area contributed by atoms with Crippen LogP contribution in [0.3, 0.4) is 0 Å². The largest absolute Gasteiger partial charge is 0.456 e. The number of rotatable bonds is 3. The third-order valence-electron chi connectivity index (χ3n) is 4.46. The number of carbonyl (C=O) groups excluding carboxylic acids is 1. The summed E-state index contributed by atoms with van der Waals surface area (Å²) in [6, 6.07) is 7.92. The quantitative estimate of drug-likeness (QED) is 0.825. The first-order valence-electron chi connectivity index (χ1n) is 9.28. The van der Waals surface area contributed by atoms with Crippen LogP contribution in [0.15, 0.2) is 30.5 Å². The lowest BCUT2D eigenvalue weighted by Gasteiger charge is -2.20. The van der Waals surface area contributed by atoms with Crippen molar-refractivity contribution >= 4 is 22.6 Å². The number of hydrogen-bond donors (Lipinski definition) is 1. The van der Waals surface area contributed by atoms with Crippen molar-refractivity contribution in [3.63, 3.8) is 0 Å². The molecule has 0 amide bonds. The molecule has 0 bridgehead atoms. The van der Waals surface area contributed by atoms with Crippen molar-refractivity contribution in [2.45, 2.75) is 52.2 Å². The van der Waals surface area contributed by atoms with Crippen molar-refractivity contribution in [2.24, 2.45) is 5.92 Å². The predicted octanol–water partition coefficient (Wildman–Crippen LogP) is 4.42. The van der Waals surface area contributed by atoms with Crippen molar-refractivity contribution < 1.29 is 14.3 Å². The van der Waals surface area contributed by atoms with Gasteiger partial charge in [0.15, 0.2) is 0 Å².